The lowest BCUT2D eigenvalue weighted by atomic mass is 9.96. The lowest BCUT2D eigenvalue weighted by Gasteiger charge is -2.32. The zero-order chi connectivity index (χ0) is 17.5. The summed E-state index contributed by atoms with van der Waals surface area (Å²) in [5.74, 6) is 1.14. The maximum absolute atomic E-state index is 11.3. The first-order valence-electron chi connectivity index (χ1n) is 8.55. The van der Waals surface area contributed by atoms with Gasteiger partial charge in [-0.15, -0.1) is 24.0 Å². The molecule has 1 atom stereocenters. The first-order valence-corrected chi connectivity index (χ1v) is 8.55. The number of halogens is 1. The molecular weight excluding hydrogens is 431 g/mol. The minimum Gasteiger partial charge on any atom is -0.370 e. The number of rotatable bonds is 6. The van der Waals surface area contributed by atoms with Crippen molar-refractivity contribution in [3.8, 4) is 0 Å². The highest BCUT2D eigenvalue weighted by Crippen LogP contribution is 2.24. The Morgan fingerprint density at radius 3 is 2.72 bits per heavy atom. The number of primary amides is 1. The second-order valence-electron chi connectivity index (χ2n) is 6.30. The van der Waals surface area contributed by atoms with Crippen LogP contribution < -0.4 is 21.7 Å². The zero-order valence-electron chi connectivity index (χ0n) is 14.9. The molecule has 2 heterocycles. The predicted octanol–water partition coefficient (Wildman–Crippen LogP) is 1.60. The molecule has 5 N–H and O–H groups in total. The van der Waals surface area contributed by atoms with Crippen LogP contribution in [0.25, 0.3) is 0 Å². The zero-order valence-corrected chi connectivity index (χ0v) is 17.3. The van der Waals surface area contributed by atoms with E-state index in [1.165, 1.54) is 0 Å². The molecule has 1 aromatic heterocycles. The molecule has 0 radical (unpaired) electrons. The summed E-state index contributed by atoms with van der Waals surface area (Å²) in [6, 6.07) is 4.22. The van der Waals surface area contributed by atoms with E-state index < -0.39 is 0 Å². The molecule has 0 saturated carbocycles. The summed E-state index contributed by atoms with van der Waals surface area (Å²) in [4.78, 5) is 22.4. The average Bonchev–Trinajstić information content (AvgIpc) is 2.60. The monoisotopic (exact) mass is 460 g/mol. The van der Waals surface area contributed by atoms with E-state index >= 15 is 0 Å². The van der Waals surface area contributed by atoms with Gasteiger partial charge in [-0.2, -0.15) is 0 Å². The molecule has 0 aromatic carbocycles. The van der Waals surface area contributed by atoms with E-state index in [9.17, 15) is 4.79 Å². The number of pyridine rings is 1. The Morgan fingerprint density at radius 2 is 2.12 bits per heavy atom. The van der Waals surface area contributed by atoms with Crippen LogP contribution in [0.15, 0.2) is 23.3 Å². The van der Waals surface area contributed by atoms with Gasteiger partial charge in [0.2, 0.25) is 5.91 Å². The summed E-state index contributed by atoms with van der Waals surface area (Å²) in [5.41, 5.74) is 12.4. The van der Waals surface area contributed by atoms with E-state index in [0.29, 0.717) is 18.5 Å². The summed E-state index contributed by atoms with van der Waals surface area (Å²) in [5, 5.41) is 3.16. The first kappa shape index (κ1) is 21.5. The van der Waals surface area contributed by atoms with E-state index in [1.54, 1.807) is 6.20 Å². The van der Waals surface area contributed by atoms with Crippen molar-refractivity contribution in [1.82, 2.24) is 10.3 Å². The van der Waals surface area contributed by atoms with Gasteiger partial charge in [-0.3, -0.25) is 4.79 Å². The number of hydrogen-bond acceptors (Lipinski definition) is 4. The molecule has 1 saturated heterocycles. The Balaban J connectivity index is 0.00000312. The fourth-order valence-electron chi connectivity index (χ4n) is 2.78. The van der Waals surface area contributed by atoms with Crippen LogP contribution in [0.2, 0.25) is 0 Å². The van der Waals surface area contributed by atoms with E-state index in [-0.39, 0.29) is 35.8 Å². The van der Waals surface area contributed by atoms with Gasteiger partial charge in [0.05, 0.1) is 6.54 Å². The second-order valence-corrected chi connectivity index (χ2v) is 6.30. The number of anilines is 1. The third-order valence-corrected chi connectivity index (χ3v) is 4.49. The number of carbonyl (C=O) groups is 1. The van der Waals surface area contributed by atoms with Crippen LogP contribution in [0.1, 0.15) is 38.7 Å². The number of nitrogens with zero attached hydrogens (tertiary/aromatic N) is 3. The van der Waals surface area contributed by atoms with E-state index in [2.05, 4.69) is 34.0 Å². The number of piperidine rings is 1. The SMILES string of the molecule is CCC(C)NC(N)=NCc1cccnc1N1CCC(C(N)=O)CC1.I. The molecule has 1 unspecified atom stereocenters. The second kappa shape index (κ2) is 10.4. The molecule has 2 rings (SSSR count). The van der Waals surface area contributed by atoms with Gasteiger partial charge in [0.1, 0.15) is 5.82 Å². The highest BCUT2D eigenvalue weighted by molar-refractivity contribution is 14.0. The predicted molar refractivity (Wildman–Crippen MR) is 112 cm³/mol. The van der Waals surface area contributed by atoms with Gasteiger partial charge >= 0.3 is 0 Å². The van der Waals surface area contributed by atoms with Crippen molar-refractivity contribution in [2.45, 2.75) is 45.7 Å². The summed E-state index contributed by atoms with van der Waals surface area (Å²) in [6.45, 7) is 6.21. The minimum absolute atomic E-state index is 0. The highest BCUT2D eigenvalue weighted by Gasteiger charge is 2.24. The fourth-order valence-corrected chi connectivity index (χ4v) is 2.78. The van der Waals surface area contributed by atoms with Crippen molar-refractivity contribution in [2.24, 2.45) is 22.4 Å². The summed E-state index contributed by atoms with van der Waals surface area (Å²) in [7, 11) is 0. The number of aliphatic imine (C=N–C) groups is 1. The van der Waals surface area contributed by atoms with E-state index in [1.807, 2.05) is 12.1 Å². The molecule has 7 nitrogen and oxygen atoms in total. The Morgan fingerprint density at radius 1 is 1.44 bits per heavy atom. The number of carbonyl (C=O) groups excluding carboxylic acids is 1. The van der Waals surface area contributed by atoms with Crippen molar-refractivity contribution in [1.29, 1.82) is 0 Å². The molecule has 8 heteroatoms. The Bertz CT molecular complexity index is 586. The number of nitrogens with two attached hydrogens (primary N) is 2. The van der Waals surface area contributed by atoms with Crippen LogP contribution in [0, 0.1) is 5.92 Å². The molecule has 25 heavy (non-hydrogen) atoms. The highest BCUT2D eigenvalue weighted by atomic mass is 127. The van der Waals surface area contributed by atoms with Crippen LogP contribution in [0.5, 0.6) is 0 Å². The third-order valence-electron chi connectivity index (χ3n) is 4.49. The number of guanidine groups is 1. The van der Waals surface area contributed by atoms with Crippen LogP contribution in [0.4, 0.5) is 5.82 Å². The lowest BCUT2D eigenvalue weighted by molar-refractivity contribution is -0.122. The Kier molecular flexibility index (Phi) is 8.95. The van der Waals surface area contributed by atoms with Gasteiger partial charge in [0, 0.05) is 36.8 Å². The molecule has 1 fully saturated rings. The number of aromatic nitrogens is 1. The summed E-state index contributed by atoms with van der Waals surface area (Å²) < 4.78 is 0. The molecule has 1 aliphatic heterocycles. The minimum atomic E-state index is -0.204. The van der Waals surface area contributed by atoms with Crippen LogP contribution in [0.3, 0.4) is 0 Å². The van der Waals surface area contributed by atoms with E-state index in [4.69, 9.17) is 11.5 Å². The average molecular weight is 460 g/mol. The van der Waals surface area contributed by atoms with Gasteiger partial charge in [0.15, 0.2) is 5.96 Å². The molecule has 1 amide bonds. The Hall–Kier alpha value is -1.58. The molecule has 0 bridgehead atoms. The van der Waals surface area contributed by atoms with Crippen molar-refractivity contribution in [2.75, 3.05) is 18.0 Å². The topological polar surface area (TPSA) is 110 Å². The van der Waals surface area contributed by atoms with Crippen molar-refractivity contribution in [3.63, 3.8) is 0 Å². The van der Waals surface area contributed by atoms with Gasteiger partial charge in [-0.1, -0.05) is 13.0 Å². The molecule has 0 spiro atoms. The van der Waals surface area contributed by atoms with Gasteiger partial charge in [-0.25, -0.2) is 9.98 Å². The van der Waals surface area contributed by atoms with Crippen LogP contribution in [-0.4, -0.2) is 36.0 Å². The van der Waals surface area contributed by atoms with Crippen molar-refractivity contribution < 1.29 is 4.79 Å². The molecule has 140 valence electrons. The first-order chi connectivity index (χ1) is 11.5. The van der Waals surface area contributed by atoms with Gasteiger partial charge in [-0.05, 0) is 32.3 Å². The number of amides is 1. The van der Waals surface area contributed by atoms with E-state index in [0.717, 1.165) is 43.7 Å². The number of nitrogens with one attached hydrogen (secondary N) is 1. The standard InChI is InChI=1S/C17H28N6O.HI/c1-3-12(2)22-17(19)21-11-14-5-4-8-20-16(14)23-9-6-13(7-10-23)15(18)24;/h4-5,8,12-13H,3,6-7,9-11H2,1-2H3,(H2,18,24)(H3,19,21,22);1H. The maximum Gasteiger partial charge on any atom is 0.220 e. The number of hydrogen-bond donors (Lipinski definition) is 3. The van der Waals surface area contributed by atoms with Gasteiger partial charge in [0.25, 0.3) is 0 Å². The molecule has 1 aromatic rings. The summed E-state index contributed by atoms with van der Waals surface area (Å²) in [6.07, 6.45) is 4.31. The van der Waals surface area contributed by atoms with Crippen LogP contribution >= 0.6 is 24.0 Å². The lowest BCUT2D eigenvalue weighted by Crippen LogP contribution is -2.39. The summed E-state index contributed by atoms with van der Waals surface area (Å²) >= 11 is 0. The smallest absolute Gasteiger partial charge is 0.220 e. The molecular formula is C17H29IN6O. The van der Waals surface area contributed by atoms with Gasteiger partial charge < -0.3 is 21.7 Å². The fraction of sp³-hybridized carbons (Fsp3) is 0.588. The Labute approximate surface area is 166 Å². The normalized spacial score (nSPS) is 16.9. The van der Waals surface area contributed by atoms with Crippen molar-refractivity contribution >= 4 is 41.7 Å². The molecule has 1 aliphatic rings. The third kappa shape index (κ3) is 6.33. The largest absolute Gasteiger partial charge is 0.370 e. The van der Waals surface area contributed by atoms with Crippen molar-refractivity contribution in [3.05, 3.63) is 23.9 Å². The molecule has 0 aliphatic carbocycles. The quantitative estimate of drug-likeness (QED) is 0.340. The maximum atomic E-state index is 11.3. The van der Waals surface area contributed by atoms with Crippen LogP contribution in [-0.2, 0) is 11.3 Å².